The van der Waals surface area contributed by atoms with Crippen LogP contribution in [0.3, 0.4) is 0 Å². The Morgan fingerprint density at radius 3 is 0.981 bits per heavy atom. The van der Waals surface area contributed by atoms with Crippen LogP contribution in [0, 0.1) is 11.3 Å². The van der Waals surface area contributed by atoms with E-state index in [0.717, 1.165) is 117 Å². The zero-order valence-electron chi connectivity index (χ0n) is 61.9. The lowest BCUT2D eigenvalue weighted by molar-refractivity contribution is 0.591. The first-order chi connectivity index (χ1) is 52.4. The molecule has 0 fully saturated rings. The van der Waals surface area contributed by atoms with Crippen LogP contribution in [0.15, 0.2) is 304 Å². The molecule has 0 saturated carbocycles. The van der Waals surface area contributed by atoms with E-state index < -0.39 is 0 Å². The molecule has 0 aliphatic carbocycles. The molecule has 0 aliphatic heterocycles. The lowest BCUT2D eigenvalue weighted by atomic mass is 9.81. The maximum Gasteiger partial charge on any atom is 0.165 e. The van der Waals surface area contributed by atoms with Gasteiger partial charge in [0.25, 0.3) is 0 Å². The number of fused-ring (bicyclic) bond motifs is 12. The predicted octanol–water partition coefficient (Wildman–Crippen LogP) is 25.4. The third kappa shape index (κ3) is 10.6. The summed E-state index contributed by atoms with van der Waals surface area (Å²) in [7, 11) is 0. The van der Waals surface area contributed by atoms with Crippen molar-refractivity contribution in [3.05, 3.63) is 326 Å². The van der Waals surface area contributed by atoms with Crippen molar-refractivity contribution in [2.24, 2.45) is 0 Å². The Balaban J connectivity index is 0.961. The van der Waals surface area contributed by atoms with Gasteiger partial charge in [-0.1, -0.05) is 250 Å². The predicted molar refractivity (Wildman–Crippen MR) is 448 cm³/mol. The molecule has 19 aromatic rings. The minimum atomic E-state index is -0.0573. The molecule has 0 aliphatic rings. The first-order valence-corrected chi connectivity index (χ1v) is 37.2. The summed E-state index contributed by atoms with van der Waals surface area (Å²) in [6.07, 6.45) is 3.84. The number of rotatable bonds is 10. The molecule has 9 heteroatoms. The minimum Gasteiger partial charge on any atom is -0.309 e. The second-order valence-corrected chi connectivity index (χ2v) is 31.8. The van der Waals surface area contributed by atoms with Gasteiger partial charge in [0.05, 0.1) is 61.6 Å². The molecule has 6 aromatic heterocycles. The molecule has 518 valence electrons. The van der Waals surface area contributed by atoms with Crippen molar-refractivity contribution in [2.45, 2.75) is 78.6 Å². The zero-order chi connectivity index (χ0) is 73.5. The first kappa shape index (κ1) is 65.5. The quantitative estimate of drug-likeness (QED) is 0.136. The summed E-state index contributed by atoms with van der Waals surface area (Å²) < 4.78 is 9.50. The maximum atomic E-state index is 13.1. The second-order valence-electron chi connectivity index (χ2n) is 31.8. The van der Waals surface area contributed by atoms with E-state index in [-0.39, 0.29) is 16.2 Å². The summed E-state index contributed by atoms with van der Waals surface area (Å²) >= 11 is 0. The average Bonchev–Trinajstić information content (AvgIpc) is 1.15. The van der Waals surface area contributed by atoms with E-state index in [1.54, 1.807) is 0 Å². The maximum absolute atomic E-state index is 13.1. The van der Waals surface area contributed by atoms with Gasteiger partial charge in [-0.25, -0.2) is 15.0 Å². The summed E-state index contributed by atoms with van der Waals surface area (Å²) in [5.41, 5.74) is 23.3. The fourth-order valence-corrected chi connectivity index (χ4v) is 16.6. The Kier molecular flexibility index (Phi) is 15.1. The van der Waals surface area contributed by atoms with Gasteiger partial charge in [-0.2, -0.15) is 5.26 Å². The number of benzene rings is 13. The first-order valence-electron chi connectivity index (χ1n) is 37.2. The number of para-hydroxylation sites is 4. The monoisotopic (exact) mass is 1390 g/mol. The van der Waals surface area contributed by atoms with Gasteiger partial charge >= 0.3 is 0 Å². The Morgan fingerprint density at radius 1 is 0.269 bits per heavy atom. The van der Waals surface area contributed by atoms with Crippen LogP contribution in [-0.2, 0) is 16.2 Å². The molecular weight excluding hydrogens is 1320 g/mol. The lowest BCUT2D eigenvalue weighted by Gasteiger charge is -2.27. The number of hydrogen-bond donors (Lipinski definition) is 0. The number of nitriles is 1. The van der Waals surface area contributed by atoms with Crippen molar-refractivity contribution < 1.29 is 0 Å². The van der Waals surface area contributed by atoms with Crippen LogP contribution in [0.25, 0.3) is 178 Å². The fraction of sp³-hybridized carbons (Fsp3) is 0.121. The van der Waals surface area contributed by atoms with E-state index in [4.69, 9.17) is 19.9 Å². The van der Waals surface area contributed by atoms with Crippen molar-refractivity contribution in [1.29, 1.82) is 5.26 Å². The molecule has 0 radical (unpaired) electrons. The molecule has 0 spiro atoms. The molecule has 0 amide bonds. The molecule has 0 unspecified atom stereocenters. The van der Waals surface area contributed by atoms with Crippen molar-refractivity contribution in [3.63, 3.8) is 0 Å². The summed E-state index contributed by atoms with van der Waals surface area (Å²) in [5, 5.41) is 22.2. The molecule has 0 N–H and O–H groups in total. The molecule has 108 heavy (non-hydrogen) atoms. The molecule has 0 bridgehead atoms. The fourth-order valence-electron chi connectivity index (χ4n) is 16.6. The van der Waals surface area contributed by atoms with Crippen molar-refractivity contribution in [3.8, 4) is 96.4 Å². The Morgan fingerprint density at radius 2 is 0.593 bits per heavy atom. The van der Waals surface area contributed by atoms with Gasteiger partial charge in [-0.05, 0) is 153 Å². The minimum absolute atomic E-state index is 0.0525. The molecule has 6 heterocycles. The van der Waals surface area contributed by atoms with Gasteiger partial charge in [-0.15, -0.1) is 0 Å². The van der Waals surface area contributed by atoms with Crippen LogP contribution in [-0.4, -0.2) is 38.2 Å². The van der Waals surface area contributed by atoms with E-state index in [1.807, 2.05) is 48.8 Å². The highest BCUT2D eigenvalue weighted by Gasteiger charge is 2.34. The van der Waals surface area contributed by atoms with Gasteiger partial charge in [0, 0.05) is 99.7 Å². The van der Waals surface area contributed by atoms with Gasteiger partial charge in [-0.3, -0.25) is 4.98 Å². The third-order valence-corrected chi connectivity index (χ3v) is 22.1. The highest BCUT2D eigenvalue weighted by atomic mass is 15.1. The standard InChI is InChI=1S/C99H77N9/c1-97(2,3)66-42-51-85-77(56-66)73-29-17-20-32-81(73)105(85)69-45-36-61(37-46-69)89-80(59-100)90(62-38-47-70(48-39-62)106-82-33-21-18-30-74(82)78-57-67(98(4,5)6)43-52-86(78)106)93(108-84-35-23-16-28-72(84)76-54-55-101-60-88(76)108)91(92(89)96-103-94(64-24-12-10-13-25-64)102-95(104-96)65-26-14-11-15-27-65)63-40-49-71(50-41-63)107-83-34-22-19-31-75(83)79-58-68(99(7,8)9)44-53-87(79)107/h10-58,60H,1-9H3. The van der Waals surface area contributed by atoms with Crippen molar-refractivity contribution >= 4 is 87.2 Å². The van der Waals surface area contributed by atoms with Crippen molar-refractivity contribution in [1.82, 2.24) is 38.2 Å². The van der Waals surface area contributed by atoms with Gasteiger partial charge in [0.1, 0.15) is 6.07 Å². The van der Waals surface area contributed by atoms with Crippen LogP contribution in [0.4, 0.5) is 0 Å². The molecule has 0 saturated heterocycles. The van der Waals surface area contributed by atoms with E-state index in [1.165, 1.54) is 49.0 Å². The largest absolute Gasteiger partial charge is 0.309 e. The molecular formula is C99H77N9. The Bertz CT molecular complexity index is 6770. The zero-order valence-corrected chi connectivity index (χ0v) is 61.9. The van der Waals surface area contributed by atoms with Crippen LogP contribution in [0.2, 0.25) is 0 Å². The number of hydrogen-bond acceptors (Lipinski definition) is 5. The smallest absolute Gasteiger partial charge is 0.165 e. The van der Waals surface area contributed by atoms with Crippen LogP contribution in [0.5, 0.6) is 0 Å². The summed E-state index contributed by atoms with van der Waals surface area (Å²) in [6, 6.07) is 108. The molecule has 19 rings (SSSR count). The summed E-state index contributed by atoms with van der Waals surface area (Å²) in [4.78, 5) is 21.8. The van der Waals surface area contributed by atoms with Crippen molar-refractivity contribution in [2.75, 3.05) is 0 Å². The molecule has 9 nitrogen and oxygen atoms in total. The number of aromatic nitrogens is 8. The molecule has 13 aromatic carbocycles. The second kappa shape index (κ2) is 24.9. The van der Waals surface area contributed by atoms with Crippen LogP contribution >= 0.6 is 0 Å². The topological polar surface area (TPSA) is 95.1 Å². The lowest BCUT2D eigenvalue weighted by Crippen LogP contribution is -2.10. The highest BCUT2D eigenvalue weighted by Crippen LogP contribution is 2.53. The normalized spacial score (nSPS) is 12.3. The van der Waals surface area contributed by atoms with Gasteiger partial charge in [0.15, 0.2) is 17.5 Å². The van der Waals surface area contributed by atoms with Crippen LogP contribution in [0.1, 0.15) is 84.6 Å². The van der Waals surface area contributed by atoms with E-state index in [2.05, 4.69) is 341 Å². The average molecular weight is 1390 g/mol. The number of pyridine rings is 1. The number of nitrogens with zero attached hydrogens (tertiary/aromatic N) is 9. The summed E-state index contributed by atoms with van der Waals surface area (Å²) in [6.45, 7) is 20.5. The Labute approximate surface area is 627 Å². The van der Waals surface area contributed by atoms with E-state index in [0.29, 0.717) is 34.2 Å². The Hall–Kier alpha value is -13.3. The van der Waals surface area contributed by atoms with Gasteiger partial charge in [0.2, 0.25) is 0 Å². The van der Waals surface area contributed by atoms with E-state index in [9.17, 15) is 5.26 Å². The third-order valence-electron chi connectivity index (χ3n) is 22.1. The molecule has 0 atom stereocenters. The summed E-state index contributed by atoms with van der Waals surface area (Å²) in [5.74, 6) is 1.38. The van der Waals surface area contributed by atoms with E-state index >= 15 is 0 Å². The van der Waals surface area contributed by atoms with Crippen LogP contribution < -0.4 is 0 Å². The van der Waals surface area contributed by atoms with Gasteiger partial charge < -0.3 is 18.3 Å². The highest BCUT2D eigenvalue weighted by molar-refractivity contribution is 6.15. The SMILES string of the molecule is CC(C)(C)c1ccc2c(c1)c1ccccc1n2-c1ccc(-c2c(C#N)c(-c3ccc(-n4c5ccccc5c5cc(C(C)(C)C)ccc54)cc3)c(-n3c4ccccc4c4ccncc43)c(-c3ccc(-n4c5ccccc5c5cc(C(C)(C)C)ccc54)cc3)c2-c2nc(-c3ccccc3)nc(-c3ccccc3)n2)cc1.